The van der Waals surface area contributed by atoms with Crippen LogP contribution < -0.4 is 10.1 Å². The minimum Gasteiger partial charge on any atom is -0.480 e. The Morgan fingerprint density at radius 3 is 3.07 bits per heavy atom. The molecule has 0 fully saturated rings. The zero-order valence-corrected chi connectivity index (χ0v) is 9.55. The average molecular weight is 256 g/mol. The number of rotatable bonds is 3. The van der Waals surface area contributed by atoms with Gasteiger partial charge in [-0.2, -0.15) is 4.98 Å². The van der Waals surface area contributed by atoms with Gasteiger partial charge < -0.3 is 10.1 Å². The predicted octanol–water partition coefficient (Wildman–Crippen LogP) is 1.68. The maximum absolute atomic E-state index is 5.02. The molecule has 0 bridgehead atoms. The molecule has 1 rings (SSSR count). The lowest BCUT2D eigenvalue weighted by atomic mass is 10.6. The molecule has 74 valence electrons. The van der Waals surface area contributed by atoms with Crippen LogP contribution in [0.2, 0.25) is 0 Å². The van der Waals surface area contributed by atoms with Crippen LogP contribution in [0.25, 0.3) is 0 Å². The number of nitrogens with one attached hydrogen (secondary N) is 1. The summed E-state index contributed by atoms with van der Waals surface area (Å²) in [5, 5.41) is 2.95. The van der Waals surface area contributed by atoms with E-state index in [4.69, 9.17) is 4.74 Å². The summed E-state index contributed by atoms with van der Waals surface area (Å²) < 4.78 is 5.75. The zero-order chi connectivity index (χ0) is 10.4. The Bertz CT molecular complexity index is 370. The number of aromatic nitrogens is 2. The van der Waals surface area contributed by atoms with Gasteiger partial charge in [0.05, 0.1) is 24.3 Å². The lowest BCUT2D eigenvalue weighted by molar-refractivity contribution is 0.394. The van der Waals surface area contributed by atoms with E-state index in [1.165, 1.54) is 0 Å². The molecule has 0 spiro atoms. The highest BCUT2D eigenvalue weighted by molar-refractivity contribution is 9.10. The first-order valence-corrected chi connectivity index (χ1v) is 4.77. The predicted molar refractivity (Wildman–Crippen MR) is 58.2 cm³/mol. The molecule has 0 saturated carbocycles. The maximum atomic E-state index is 5.02. The van der Waals surface area contributed by atoms with E-state index < -0.39 is 0 Å². The highest BCUT2D eigenvalue weighted by Crippen LogP contribution is 2.21. The Kier molecular flexibility index (Phi) is 4.20. The molecule has 1 heterocycles. The second-order valence-electron chi connectivity index (χ2n) is 2.33. The average Bonchev–Trinajstić information content (AvgIpc) is 2.21. The Labute approximate surface area is 91.2 Å². The first-order valence-electron chi connectivity index (χ1n) is 3.98. The van der Waals surface area contributed by atoms with E-state index in [1.807, 2.05) is 0 Å². The van der Waals surface area contributed by atoms with Crippen molar-refractivity contribution in [1.29, 1.82) is 0 Å². The van der Waals surface area contributed by atoms with E-state index >= 15 is 0 Å². The van der Waals surface area contributed by atoms with E-state index in [0.29, 0.717) is 18.4 Å². The van der Waals surface area contributed by atoms with Crippen molar-refractivity contribution >= 4 is 21.9 Å². The maximum Gasteiger partial charge on any atom is 0.232 e. The summed E-state index contributed by atoms with van der Waals surface area (Å²) in [7, 11) is 1.56. The minimum atomic E-state index is 0.506. The standard InChI is InChI=1S/C9H10BrN3O/c1-3-4-5-11-9-12-6-7(10)8(13-9)14-2/h6H,5H2,1-2H3,(H,11,12,13). The van der Waals surface area contributed by atoms with Crippen LogP contribution in [0.4, 0.5) is 5.95 Å². The van der Waals surface area contributed by atoms with Gasteiger partial charge in [0.25, 0.3) is 0 Å². The van der Waals surface area contributed by atoms with Crippen LogP contribution in [0.3, 0.4) is 0 Å². The molecule has 0 saturated heterocycles. The molecule has 14 heavy (non-hydrogen) atoms. The molecular weight excluding hydrogens is 246 g/mol. The fourth-order valence-corrected chi connectivity index (χ4v) is 1.14. The molecule has 0 amide bonds. The summed E-state index contributed by atoms with van der Waals surface area (Å²) in [5.41, 5.74) is 0. The van der Waals surface area contributed by atoms with Gasteiger partial charge in [0.1, 0.15) is 0 Å². The third kappa shape index (κ3) is 2.89. The number of methoxy groups -OCH3 is 1. The number of hydrogen-bond donors (Lipinski definition) is 1. The van der Waals surface area contributed by atoms with E-state index in [1.54, 1.807) is 20.2 Å². The quantitative estimate of drug-likeness (QED) is 0.836. The van der Waals surface area contributed by atoms with Gasteiger partial charge >= 0.3 is 0 Å². The number of hydrogen-bond acceptors (Lipinski definition) is 4. The van der Waals surface area contributed by atoms with Gasteiger partial charge in [0.2, 0.25) is 11.8 Å². The first-order chi connectivity index (χ1) is 6.77. The fourth-order valence-electron chi connectivity index (χ4n) is 0.791. The van der Waals surface area contributed by atoms with Crippen molar-refractivity contribution in [2.24, 2.45) is 0 Å². The van der Waals surface area contributed by atoms with Gasteiger partial charge in [-0.3, -0.25) is 0 Å². The summed E-state index contributed by atoms with van der Waals surface area (Å²) >= 11 is 3.27. The van der Waals surface area contributed by atoms with Crippen LogP contribution in [0.1, 0.15) is 6.92 Å². The van der Waals surface area contributed by atoms with E-state index in [-0.39, 0.29) is 0 Å². The summed E-state index contributed by atoms with van der Waals surface area (Å²) in [4.78, 5) is 8.15. The summed E-state index contributed by atoms with van der Waals surface area (Å²) in [6.45, 7) is 2.31. The summed E-state index contributed by atoms with van der Waals surface area (Å²) in [6, 6.07) is 0. The second kappa shape index (κ2) is 5.45. The van der Waals surface area contributed by atoms with Crippen LogP contribution in [0, 0.1) is 11.8 Å². The van der Waals surface area contributed by atoms with Gasteiger partial charge in [0, 0.05) is 0 Å². The second-order valence-corrected chi connectivity index (χ2v) is 3.19. The molecule has 0 aliphatic rings. The largest absolute Gasteiger partial charge is 0.480 e. The summed E-state index contributed by atoms with van der Waals surface area (Å²) in [5.74, 6) is 6.64. The highest BCUT2D eigenvalue weighted by atomic mass is 79.9. The molecule has 0 atom stereocenters. The highest BCUT2D eigenvalue weighted by Gasteiger charge is 2.03. The number of anilines is 1. The van der Waals surface area contributed by atoms with Crippen LogP contribution in [0.15, 0.2) is 10.7 Å². The molecular formula is C9H10BrN3O. The lowest BCUT2D eigenvalue weighted by Gasteiger charge is -2.04. The molecule has 1 N–H and O–H groups in total. The van der Waals surface area contributed by atoms with Crippen molar-refractivity contribution in [2.75, 3.05) is 19.0 Å². The van der Waals surface area contributed by atoms with E-state index in [9.17, 15) is 0 Å². The molecule has 1 aromatic heterocycles. The molecule has 5 heteroatoms. The number of nitrogens with zero attached hydrogens (tertiary/aromatic N) is 2. The molecule has 0 aromatic carbocycles. The molecule has 0 aliphatic heterocycles. The molecule has 1 aromatic rings. The van der Waals surface area contributed by atoms with Crippen molar-refractivity contribution in [1.82, 2.24) is 9.97 Å². The summed E-state index contributed by atoms with van der Waals surface area (Å²) in [6.07, 6.45) is 1.63. The van der Waals surface area contributed by atoms with Crippen molar-refractivity contribution in [2.45, 2.75) is 6.92 Å². The molecule has 0 aliphatic carbocycles. The number of halogens is 1. The van der Waals surface area contributed by atoms with E-state index in [2.05, 4.69) is 43.1 Å². The smallest absolute Gasteiger partial charge is 0.232 e. The van der Waals surface area contributed by atoms with Crippen LogP contribution >= 0.6 is 15.9 Å². The zero-order valence-electron chi connectivity index (χ0n) is 7.97. The van der Waals surface area contributed by atoms with Crippen molar-refractivity contribution < 1.29 is 4.74 Å². The Morgan fingerprint density at radius 2 is 2.43 bits per heavy atom. The first kappa shape index (κ1) is 10.8. The van der Waals surface area contributed by atoms with Gasteiger partial charge in [-0.1, -0.05) is 5.92 Å². The number of ether oxygens (including phenoxy) is 1. The third-order valence-corrected chi connectivity index (χ3v) is 1.96. The normalized spacial score (nSPS) is 8.79. The fraction of sp³-hybridized carbons (Fsp3) is 0.333. The van der Waals surface area contributed by atoms with Gasteiger partial charge in [-0.15, -0.1) is 5.92 Å². The molecule has 4 nitrogen and oxygen atoms in total. The van der Waals surface area contributed by atoms with Crippen molar-refractivity contribution in [3.63, 3.8) is 0 Å². The van der Waals surface area contributed by atoms with Crippen molar-refractivity contribution in [3.8, 4) is 17.7 Å². The van der Waals surface area contributed by atoms with Gasteiger partial charge in [-0.25, -0.2) is 4.98 Å². The van der Waals surface area contributed by atoms with Crippen LogP contribution in [-0.4, -0.2) is 23.6 Å². The lowest BCUT2D eigenvalue weighted by Crippen LogP contribution is -2.04. The Morgan fingerprint density at radius 1 is 1.64 bits per heavy atom. The van der Waals surface area contributed by atoms with Crippen LogP contribution in [0.5, 0.6) is 5.88 Å². The van der Waals surface area contributed by atoms with E-state index in [0.717, 1.165) is 4.47 Å². The van der Waals surface area contributed by atoms with Crippen molar-refractivity contribution in [3.05, 3.63) is 10.7 Å². The van der Waals surface area contributed by atoms with Crippen LogP contribution in [-0.2, 0) is 0 Å². The van der Waals surface area contributed by atoms with Gasteiger partial charge in [-0.05, 0) is 22.9 Å². The minimum absolute atomic E-state index is 0.506. The third-order valence-electron chi connectivity index (χ3n) is 1.42. The molecule has 0 radical (unpaired) electrons. The topological polar surface area (TPSA) is 47.0 Å². The Hall–Kier alpha value is -1.28. The molecule has 0 unspecified atom stereocenters. The SMILES string of the molecule is CC#CCNc1ncc(Br)c(OC)n1. The monoisotopic (exact) mass is 255 g/mol. The Balaban J connectivity index is 2.72. The van der Waals surface area contributed by atoms with Gasteiger partial charge in [0.15, 0.2) is 0 Å².